The van der Waals surface area contributed by atoms with Crippen LogP contribution in [0.2, 0.25) is 0 Å². The summed E-state index contributed by atoms with van der Waals surface area (Å²) in [7, 11) is 0. The maximum absolute atomic E-state index is 14.1. The molecule has 0 aliphatic heterocycles. The fourth-order valence-corrected chi connectivity index (χ4v) is 3.01. The van der Waals surface area contributed by atoms with E-state index in [0.29, 0.717) is 12.0 Å². The van der Waals surface area contributed by atoms with Crippen molar-refractivity contribution in [3.63, 3.8) is 0 Å². The van der Waals surface area contributed by atoms with Crippen molar-refractivity contribution in [3.05, 3.63) is 35.4 Å². The number of amides is 1. The first-order chi connectivity index (χ1) is 10.2. The molecule has 0 bridgehead atoms. The summed E-state index contributed by atoms with van der Waals surface area (Å²) in [6.07, 6.45) is 2.26. The zero-order chi connectivity index (χ0) is 16.5. The van der Waals surface area contributed by atoms with Crippen molar-refractivity contribution in [2.24, 2.45) is 17.1 Å². The van der Waals surface area contributed by atoms with Gasteiger partial charge >= 0.3 is 0 Å². The summed E-state index contributed by atoms with van der Waals surface area (Å²) in [5.41, 5.74) is 5.77. The molecule has 23 heavy (non-hydrogen) atoms. The van der Waals surface area contributed by atoms with E-state index in [0.717, 1.165) is 18.9 Å². The highest BCUT2D eigenvalue weighted by atomic mass is 35.5. The summed E-state index contributed by atoms with van der Waals surface area (Å²) in [6, 6.07) is 3.02. The van der Waals surface area contributed by atoms with Crippen LogP contribution in [0.25, 0.3) is 0 Å². The van der Waals surface area contributed by atoms with Gasteiger partial charge in [-0.05, 0) is 30.7 Å². The number of carbonyl (C=O) groups excluding carboxylic acids is 1. The van der Waals surface area contributed by atoms with Crippen LogP contribution in [-0.2, 0) is 4.79 Å². The molecule has 130 valence electrons. The van der Waals surface area contributed by atoms with Gasteiger partial charge in [-0.3, -0.25) is 4.79 Å². The van der Waals surface area contributed by atoms with Gasteiger partial charge in [-0.2, -0.15) is 0 Å². The Labute approximate surface area is 142 Å². The second-order valence-electron chi connectivity index (χ2n) is 7.24. The SMILES string of the molecule is CC(C)(C)C(NC(=O)C1CCC(N)C1)c1ccc(F)cc1F.Cl. The Morgan fingerprint density at radius 3 is 2.43 bits per heavy atom. The zero-order valence-corrected chi connectivity index (χ0v) is 14.6. The van der Waals surface area contributed by atoms with E-state index in [9.17, 15) is 13.6 Å². The maximum Gasteiger partial charge on any atom is 0.223 e. The van der Waals surface area contributed by atoms with Crippen molar-refractivity contribution in [1.82, 2.24) is 5.32 Å². The van der Waals surface area contributed by atoms with E-state index in [1.165, 1.54) is 12.1 Å². The van der Waals surface area contributed by atoms with Crippen LogP contribution in [0.1, 0.15) is 51.6 Å². The minimum Gasteiger partial charge on any atom is -0.348 e. The summed E-state index contributed by atoms with van der Waals surface area (Å²) in [4.78, 5) is 12.4. The Morgan fingerprint density at radius 1 is 1.30 bits per heavy atom. The van der Waals surface area contributed by atoms with Gasteiger partial charge in [-0.15, -0.1) is 12.4 Å². The van der Waals surface area contributed by atoms with Gasteiger partial charge in [-0.25, -0.2) is 8.78 Å². The van der Waals surface area contributed by atoms with Gasteiger partial charge in [0.25, 0.3) is 0 Å². The summed E-state index contributed by atoms with van der Waals surface area (Å²) in [5, 5.41) is 2.94. The lowest BCUT2D eigenvalue weighted by Crippen LogP contribution is -2.40. The van der Waals surface area contributed by atoms with Gasteiger partial charge in [0.05, 0.1) is 6.04 Å². The maximum atomic E-state index is 14.1. The zero-order valence-electron chi connectivity index (χ0n) is 13.7. The van der Waals surface area contributed by atoms with Crippen molar-refractivity contribution in [2.75, 3.05) is 0 Å². The van der Waals surface area contributed by atoms with Gasteiger partial charge < -0.3 is 11.1 Å². The summed E-state index contributed by atoms with van der Waals surface area (Å²) < 4.78 is 27.2. The molecule has 3 nitrogen and oxygen atoms in total. The van der Waals surface area contributed by atoms with Crippen molar-refractivity contribution < 1.29 is 13.6 Å². The summed E-state index contributed by atoms with van der Waals surface area (Å²) in [6.45, 7) is 5.75. The Hall–Kier alpha value is -1.20. The van der Waals surface area contributed by atoms with Crippen LogP contribution >= 0.6 is 12.4 Å². The molecule has 1 aliphatic carbocycles. The standard InChI is InChI=1S/C17H24F2N2O.ClH/c1-17(2,3)15(13-7-5-11(18)9-14(13)19)21-16(22)10-4-6-12(20)8-10;/h5,7,9-10,12,15H,4,6,8,20H2,1-3H3,(H,21,22);1H. The molecule has 1 amide bonds. The molecule has 1 fully saturated rings. The lowest BCUT2D eigenvalue weighted by Gasteiger charge is -2.33. The predicted octanol–water partition coefficient (Wildman–Crippen LogP) is 3.72. The molecule has 0 saturated heterocycles. The van der Waals surface area contributed by atoms with Crippen LogP contribution in [0.3, 0.4) is 0 Å². The molecule has 6 heteroatoms. The number of nitrogens with two attached hydrogens (primary N) is 1. The fourth-order valence-electron chi connectivity index (χ4n) is 3.01. The average molecular weight is 347 g/mol. The smallest absolute Gasteiger partial charge is 0.223 e. The molecule has 2 rings (SSSR count). The topological polar surface area (TPSA) is 55.1 Å². The van der Waals surface area contributed by atoms with Crippen molar-refractivity contribution in [3.8, 4) is 0 Å². The molecule has 0 heterocycles. The molecule has 0 spiro atoms. The Balaban J connectivity index is 0.00000264. The molecular formula is C17H25ClF2N2O. The number of hydrogen-bond donors (Lipinski definition) is 2. The van der Waals surface area contributed by atoms with Crippen molar-refractivity contribution >= 4 is 18.3 Å². The van der Waals surface area contributed by atoms with E-state index in [-0.39, 0.29) is 30.3 Å². The monoisotopic (exact) mass is 346 g/mol. The average Bonchev–Trinajstić information content (AvgIpc) is 2.82. The van der Waals surface area contributed by atoms with Crippen molar-refractivity contribution in [1.29, 1.82) is 0 Å². The molecule has 0 radical (unpaired) electrons. The van der Waals surface area contributed by atoms with E-state index in [2.05, 4.69) is 5.32 Å². The number of hydrogen-bond acceptors (Lipinski definition) is 2. The van der Waals surface area contributed by atoms with Crippen LogP contribution in [-0.4, -0.2) is 11.9 Å². The van der Waals surface area contributed by atoms with Gasteiger partial charge in [-0.1, -0.05) is 26.8 Å². The highest BCUT2D eigenvalue weighted by molar-refractivity contribution is 5.85. The number of benzene rings is 1. The second-order valence-corrected chi connectivity index (χ2v) is 7.24. The summed E-state index contributed by atoms with van der Waals surface area (Å²) in [5.74, 6) is -1.48. The lowest BCUT2D eigenvalue weighted by molar-refractivity contribution is -0.126. The first kappa shape index (κ1) is 19.8. The normalized spacial score (nSPS) is 22.3. The first-order valence-electron chi connectivity index (χ1n) is 7.69. The van der Waals surface area contributed by atoms with E-state index in [1.54, 1.807) is 0 Å². The molecule has 3 unspecified atom stereocenters. The minimum absolute atomic E-state index is 0. The molecule has 0 aromatic heterocycles. The third-order valence-electron chi connectivity index (χ3n) is 4.27. The van der Waals surface area contributed by atoms with Crippen molar-refractivity contribution in [2.45, 2.75) is 52.1 Å². The number of halogens is 3. The van der Waals surface area contributed by atoms with Crippen LogP contribution in [0, 0.1) is 23.0 Å². The van der Waals surface area contributed by atoms with E-state index >= 15 is 0 Å². The van der Waals surface area contributed by atoms with Crippen LogP contribution in [0.5, 0.6) is 0 Å². The van der Waals surface area contributed by atoms with Crippen LogP contribution in [0.4, 0.5) is 8.78 Å². The molecule has 3 atom stereocenters. The first-order valence-corrected chi connectivity index (χ1v) is 7.69. The quantitative estimate of drug-likeness (QED) is 0.876. The van der Waals surface area contributed by atoms with Crippen LogP contribution in [0.15, 0.2) is 18.2 Å². The Bertz CT molecular complexity index is 560. The molecule has 1 saturated carbocycles. The summed E-state index contributed by atoms with van der Waals surface area (Å²) >= 11 is 0. The Kier molecular flexibility index (Phi) is 6.54. The van der Waals surface area contributed by atoms with Gasteiger partial charge in [0.2, 0.25) is 5.91 Å². The second kappa shape index (κ2) is 7.58. The number of rotatable bonds is 3. The molecule has 1 aromatic rings. The molecule has 3 N–H and O–H groups in total. The molecule has 1 aliphatic rings. The van der Waals surface area contributed by atoms with E-state index < -0.39 is 23.1 Å². The largest absolute Gasteiger partial charge is 0.348 e. The molecule has 1 aromatic carbocycles. The van der Waals surface area contributed by atoms with E-state index in [1.807, 2.05) is 20.8 Å². The highest BCUT2D eigenvalue weighted by Crippen LogP contribution is 2.35. The van der Waals surface area contributed by atoms with E-state index in [4.69, 9.17) is 5.73 Å². The van der Waals surface area contributed by atoms with Gasteiger partial charge in [0.15, 0.2) is 0 Å². The predicted molar refractivity (Wildman–Crippen MR) is 89.3 cm³/mol. The number of carbonyl (C=O) groups is 1. The van der Waals surface area contributed by atoms with Gasteiger partial charge in [0, 0.05) is 23.6 Å². The minimum atomic E-state index is -0.636. The fraction of sp³-hybridized carbons (Fsp3) is 0.588. The molecular weight excluding hydrogens is 322 g/mol. The van der Waals surface area contributed by atoms with Crippen LogP contribution < -0.4 is 11.1 Å². The highest BCUT2D eigenvalue weighted by Gasteiger charge is 2.34. The third-order valence-corrected chi connectivity index (χ3v) is 4.27. The number of nitrogens with one attached hydrogen (secondary N) is 1. The van der Waals surface area contributed by atoms with Gasteiger partial charge in [0.1, 0.15) is 11.6 Å². The Morgan fingerprint density at radius 2 is 1.96 bits per heavy atom. The lowest BCUT2D eigenvalue weighted by atomic mass is 9.81. The third kappa shape index (κ3) is 4.88.